The third-order valence-corrected chi connectivity index (χ3v) is 2.48. The van der Waals surface area contributed by atoms with Gasteiger partial charge in [0.15, 0.2) is 0 Å². The summed E-state index contributed by atoms with van der Waals surface area (Å²) in [6.07, 6.45) is 6.78. The van der Waals surface area contributed by atoms with Gasteiger partial charge < -0.3 is 5.73 Å². The summed E-state index contributed by atoms with van der Waals surface area (Å²) in [4.78, 5) is 3.98. The van der Waals surface area contributed by atoms with Crippen molar-refractivity contribution in [3.05, 3.63) is 36.3 Å². The highest BCUT2D eigenvalue weighted by molar-refractivity contribution is 5.41. The van der Waals surface area contributed by atoms with E-state index < -0.39 is 0 Å². The van der Waals surface area contributed by atoms with E-state index in [0.29, 0.717) is 5.82 Å². The van der Waals surface area contributed by atoms with Crippen molar-refractivity contribution < 1.29 is 0 Å². The first-order valence-corrected chi connectivity index (χ1v) is 5.56. The van der Waals surface area contributed by atoms with E-state index in [4.69, 9.17) is 5.73 Å². The van der Waals surface area contributed by atoms with Gasteiger partial charge in [0.25, 0.3) is 0 Å². The Morgan fingerprint density at radius 3 is 2.75 bits per heavy atom. The van der Waals surface area contributed by atoms with Crippen LogP contribution in [0.4, 0.5) is 5.82 Å². The zero-order valence-corrected chi connectivity index (χ0v) is 9.43. The SMILES string of the molecule is CCCCc1cc(N)n(-c2ccncc2)n1. The molecule has 4 heteroatoms. The summed E-state index contributed by atoms with van der Waals surface area (Å²) in [5.74, 6) is 0.678. The molecule has 0 fully saturated rings. The second-order valence-electron chi connectivity index (χ2n) is 3.78. The summed E-state index contributed by atoms with van der Waals surface area (Å²) < 4.78 is 1.76. The second kappa shape index (κ2) is 4.79. The van der Waals surface area contributed by atoms with Crippen molar-refractivity contribution in [2.45, 2.75) is 26.2 Å². The molecule has 84 valence electrons. The van der Waals surface area contributed by atoms with Gasteiger partial charge in [-0.25, -0.2) is 4.68 Å². The molecule has 0 radical (unpaired) electrons. The Kier molecular flexibility index (Phi) is 3.19. The average molecular weight is 216 g/mol. The normalized spacial score (nSPS) is 10.6. The van der Waals surface area contributed by atoms with Crippen molar-refractivity contribution in [3.8, 4) is 5.69 Å². The summed E-state index contributed by atoms with van der Waals surface area (Å²) in [7, 11) is 0. The first-order chi connectivity index (χ1) is 7.81. The molecule has 0 bridgehead atoms. The molecule has 2 aromatic heterocycles. The molecule has 0 spiro atoms. The van der Waals surface area contributed by atoms with Gasteiger partial charge in [-0.15, -0.1) is 0 Å². The number of hydrogen-bond acceptors (Lipinski definition) is 3. The molecule has 2 N–H and O–H groups in total. The van der Waals surface area contributed by atoms with E-state index in [-0.39, 0.29) is 0 Å². The standard InChI is InChI=1S/C12H16N4/c1-2-3-4-10-9-12(13)16(15-10)11-5-7-14-8-6-11/h5-9H,2-4,13H2,1H3. The zero-order chi connectivity index (χ0) is 11.4. The first kappa shape index (κ1) is 10.7. The highest BCUT2D eigenvalue weighted by Gasteiger charge is 2.05. The number of unbranched alkanes of at least 4 members (excludes halogenated alkanes) is 1. The summed E-state index contributed by atoms with van der Waals surface area (Å²) in [6, 6.07) is 5.73. The van der Waals surface area contributed by atoms with Crippen LogP contribution in [0.15, 0.2) is 30.6 Å². The van der Waals surface area contributed by atoms with Crippen LogP contribution >= 0.6 is 0 Å². The topological polar surface area (TPSA) is 56.7 Å². The summed E-state index contributed by atoms with van der Waals surface area (Å²) >= 11 is 0. The molecular formula is C12H16N4. The van der Waals surface area contributed by atoms with Crippen LogP contribution in [0.2, 0.25) is 0 Å². The van der Waals surface area contributed by atoms with Gasteiger partial charge in [-0.1, -0.05) is 13.3 Å². The van der Waals surface area contributed by atoms with Crippen LogP contribution in [0.1, 0.15) is 25.5 Å². The molecule has 0 aliphatic heterocycles. The maximum Gasteiger partial charge on any atom is 0.127 e. The lowest BCUT2D eigenvalue weighted by Gasteiger charge is -2.02. The molecular weight excluding hydrogens is 200 g/mol. The second-order valence-corrected chi connectivity index (χ2v) is 3.78. The summed E-state index contributed by atoms with van der Waals surface area (Å²) in [5, 5.41) is 4.48. The molecule has 16 heavy (non-hydrogen) atoms. The minimum Gasteiger partial charge on any atom is -0.384 e. The predicted octanol–water partition coefficient (Wildman–Crippen LogP) is 2.19. The van der Waals surface area contributed by atoms with Gasteiger partial charge in [0.1, 0.15) is 5.82 Å². The predicted molar refractivity (Wildman–Crippen MR) is 64.4 cm³/mol. The summed E-state index contributed by atoms with van der Waals surface area (Å²) in [5.41, 5.74) is 7.93. The van der Waals surface area contributed by atoms with Crippen LogP contribution in [0.25, 0.3) is 5.69 Å². The lowest BCUT2D eigenvalue weighted by Crippen LogP contribution is -2.01. The van der Waals surface area contributed by atoms with Crippen molar-refractivity contribution in [2.24, 2.45) is 0 Å². The number of pyridine rings is 1. The van der Waals surface area contributed by atoms with Gasteiger partial charge in [-0.3, -0.25) is 4.98 Å². The fourth-order valence-electron chi connectivity index (χ4n) is 1.62. The van der Waals surface area contributed by atoms with Crippen LogP contribution in [-0.2, 0) is 6.42 Å². The van der Waals surface area contributed by atoms with E-state index in [1.165, 1.54) is 6.42 Å². The molecule has 0 amide bonds. The Hall–Kier alpha value is -1.84. The third kappa shape index (κ3) is 2.21. The van der Waals surface area contributed by atoms with Gasteiger partial charge in [-0.05, 0) is 25.0 Å². The van der Waals surface area contributed by atoms with E-state index in [1.54, 1.807) is 17.1 Å². The number of hydrogen-bond donors (Lipinski definition) is 1. The molecule has 0 aliphatic rings. The maximum absolute atomic E-state index is 5.93. The van der Waals surface area contributed by atoms with E-state index in [1.807, 2.05) is 18.2 Å². The Bertz CT molecular complexity index is 447. The maximum atomic E-state index is 5.93. The number of anilines is 1. The number of nitrogen functional groups attached to an aromatic ring is 1. The van der Waals surface area contributed by atoms with Crippen molar-refractivity contribution in [1.29, 1.82) is 0 Å². The van der Waals surface area contributed by atoms with Gasteiger partial charge in [0.05, 0.1) is 11.4 Å². The lowest BCUT2D eigenvalue weighted by atomic mass is 10.2. The minimum atomic E-state index is 0.678. The Morgan fingerprint density at radius 1 is 1.31 bits per heavy atom. The number of aromatic nitrogens is 3. The van der Waals surface area contributed by atoms with Crippen LogP contribution in [0, 0.1) is 0 Å². The molecule has 2 aromatic rings. The zero-order valence-electron chi connectivity index (χ0n) is 9.43. The summed E-state index contributed by atoms with van der Waals surface area (Å²) in [6.45, 7) is 2.17. The highest BCUT2D eigenvalue weighted by atomic mass is 15.3. The van der Waals surface area contributed by atoms with Gasteiger partial charge in [0, 0.05) is 18.5 Å². The van der Waals surface area contributed by atoms with E-state index in [2.05, 4.69) is 17.0 Å². The molecule has 4 nitrogen and oxygen atoms in total. The molecule has 0 saturated heterocycles. The average Bonchev–Trinajstić information content (AvgIpc) is 2.69. The van der Waals surface area contributed by atoms with E-state index in [9.17, 15) is 0 Å². The van der Waals surface area contributed by atoms with Crippen LogP contribution in [-0.4, -0.2) is 14.8 Å². The van der Waals surface area contributed by atoms with Crippen molar-refractivity contribution in [2.75, 3.05) is 5.73 Å². The van der Waals surface area contributed by atoms with E-state index >= 15 is 0 Å². The van der Waals surface area contributed by atoms with Gasteiger partial charge >= 0.3 is 0 Å². The first-order valence-electron chi connectivity index (χ1n) is 5.56. The Labute approximate surface area is 95.1 Å². The fourth-order valence-corrected chi connectivity index (χ4v) is 1.62. The molecule has 0 atom stereocenters. The molecule has 0 saturated carbocycles. The van der Waals surface area contributed by atoms with Gasteiger partial charge in [0.2, 0.25) is 0 Å². The smallest absolute Gasteiger partial charge is 0.127 e. The Morgan fingerprint density at radius 2 is 2.06 bits per heavy atom. The third-order valence-electron chi connectivity index (χ3n) is 2.48. The largest absolute Gasteiger partial charge is 0.384 e. The Balaban J connectivity index is 2.25. The lowest BCUT2D eigenvalue weighted by molar-refractivity contribution is 0.753. The quantitative estimate of drug-likeness (QED) is 0.852. The van der Waals surface area contributed by atoms with Crippen molar-refractivity contribution in [1.82, 2.24) is 14.8 Å². The van der Waals surface area contributed by atoms with E-state index in [0.717, 1.165) is 24.2 Å². The fraction of sp³-hybridized carbons (Fsp3) is 0.333. The van der Waals surface area contributed by atoms with Crippen LogP contribution in [0.3, 0.4) is 0 Å². The molecule has 0 aromatic carbocycles. The van der Waals surface area contributed by atoms with Crippen molar-refractivity contribution >= 4 is 5.82 Å². The highest BCUT2D eigenvalue weighted by Crippen LogP contribution is 2.14. The minimum absolute atomic E-state index is 0.678. The monoisotopic (exact) mass is 216 g/mol. The number of nitrogens with two attached hydrogens (primary N) is 1. The molecule has 2 rings (SSSR count). The molecule has 2 heterocycles. The number of aryl methyl sites for hydroxylation is 1. The molecule has 0 unspecified atom stereocenters. The molecule has 0 aliphatic carbocycles. The van der Waals surface area contributed by atoms with Crippen LogP contribution < -0.4 is 5.73 Å². The number of rotatable bonds is 4. The van der Waals surface area contributed by atoms with Crippen molar-refractivity contribution in [3.63, 3.8) is 0 Å². The van der Waals surface area contributed by atoms with Gasteiger partial charge in [-0.2, -0.15) is 5.10 Å². The number of nitrogens with zero attached hydrogens (tertiary/aromatic N) is 3. The van der Waals surface area contributed by atoms with Crippen LogP contribution in [0.5, 0.6) is 0 Å².